The van der Waals surface area contributed by atoms with Gasteiger partial charge in [-0.15, -0.1) is 0 Å². The molecule has 5 amide bonds. The number of ether oxygens (including phenoxy) is 3. The van der Waals surface area contributed by atoms with E-state index in [2.05, 4.69) is 45.2 Å². The normalized spacial score (nSPS) is 13.2. The van der Waals surface area contributed by atoms with Gasteiger partial charge in [-0.05, 0) is 43.4 Å². The van der Waals surface area contributed by atoms with Gasteiger partial charge in [0.05, 0.1) is 19.8 Å². The predicted octanol–water partition coefficient (Wildman–Crippen LogP) is 5.83. The molecule has 16 heteroatoms. The molecule has 2 rings (SSSR count). The average molecular weight is 807 g/mol. The minimum absolute atomic E-state index is 0.0141. The van der Waals surface area contributed by atoms with Crippen LogP contribution in [0.1, 0.15) is 120 Å². The molecule has 1 aromatic rings. The van der Waals surface area contributed by atoms with Gasteiger partial charge in [-0.25, -0.2) is 9.18 Å². The largest absolute Gasteiger partial charge is 0.466 e. The molecule has 0 spiro atoms. The van der Waals surface area contributed by atoms with Crippen molar-refractivity contribution in [3.63, 3.8) is 0 Å². The summed E-state index contributed by atoms with van der Waals surface area (Å²) in [6.45, 7) is 26.6. The highest BCUT2D eigenvalue weighted by atomic mass is 19.1. The lowest BCUT2D eigenvalue weighted by atomic mass is 10.1. The van der Waals surface area contributed by atoms with Gasteiger partial charge in [0.25, 0.3) is 6.47 Å². The van der Waals surface area contributed by atoms with Crippen LogP contribution in [0.5, 0.6) is 0 Å². The molecule has 3 unspecified atom stereocenters. The van der Waals surface area contributed by atoms with Gasteiger partial charge < -0.3 is 51.3 Å². The topological polar surface area (TPSA) is 216 Å². The molecule has 1 saturated heterocycles. The van der Waals surface area contributed by atoms with E-state index in [-0.39, 0.29) is 51.1 Å². The molecule has 1 aromatic carbocycles. The monoisotopic (exact) mass is 807 g/mol. The number of halogens is 1. The van der Waals surface area contributed by atoms with Crippen LogP contribution in [-0.4, -0.2) is 102 Å². The molecule has 0 radical (unpaired) electrons. The highest BCUT2D eigenvalue weighted by Gasteiger charge is 2.23. The molecule has 0 aliphatic carbocycles. The molecule has 15 nitrogen and oxygen atoms in total. The van der Waals surface area contributed by atoms with Crippen molar-refractivity contribution in [3.05, 3.63) is 29.8 Å². The Morgan fingerprint density at radius 3 is 1.98 bits per heavy atom. The lowest BCUT2D eigenvalue weighted by Gasteiger charge is -2.19. The Morgan fingerprint density at radius 2 is 1.52 bits per heavy atom. The fourth-order valence-electron chi connectivity index (χ4n) is 3.84. The number of anilines is 1. The number of carbonyl (C=O) groups is 6. The van der Waals surface area contributed by atoms with Gasteiger partial charge in [-0.1, -0.05) is 94.7 Å². The van der Waals surface area contributed by atoms with Gasteiger partial charge in [0, 0.05) is 45.0 Å². The third kappa shape index (κ3) is 44.2. The van der Waals surface area contributed by atoms with E-state index in [4.69, 9.17) is 20.0 Å². The smallest absolute Gasteiger partial charge is 0.312 e. The molecule has 56 heavy (non-hydrogen) atoms. The highest BCUT2D eigenvalue weighted by Crippen LogP contribution is 2.12. The Hall–Kier alpha value is -4.15. The minimum Gasteiger partial charge on any atom is -0.466 e. The zero-order valence-corrected chi connectivity index (χ0v) is 36.6. The number of alkyl halides is 1. The van der Waals surface area contributed by atoms with E-state index in [1.165, 1.54) is 6.42 Å². The zero-order chi connectivity index (χ0) is 44.6. The van der Waals surface area contributed by atoms with E-state index in [1.807, 2.05) is 81.2 Å². The maximum Gasteiger partial charge on any atom is 0.312 e. The second-order valence-electron chi connectivity index (χ2n) is 10.4. The lowest BCUT2D eigenvalue weighted by molar-refractivity contribution is -0.129. The van der Waals surface area contributed by atoms with Crippen molar-refractivity contribution in [2.75, 3.05) is 51.9 Å². The first-order valence-electron chi connectivity index (χ1n) is 19.9. The number of primary amides is 1. The molecular weight excluding hydrogens is 727 g/mol. The first-order chi connectivity index (χ1) is 27.1. The van der Waals surface area contributed by atoms with E-state index in [0.717, 1.165) is 12.0 Å². The summed E-state index contributed by atoms with van der Waals surface area (Å²) in [6, 6.07) is 5.60. The summed E-state index contributed by atoms with van der Waals surface area (Å²) in [5, 5.41) is 13.2. The van der Waals surface area contributed by atoms with Crippen LogP contribution in [0.3, 0.4) is 0 Å². The Kier molecular flexibility index (Phi) is 60.3. The molecular formula is C40H79FN6O9. The van der Waals surface area contributed by atoms with Crippen molar-refractivity contribution in [3.8, 4) is 0 Å². The van der Waals surface area contributed by atoms with Gasteiger partial charge in [-0.2, -0.15) is 0 Å². The first kappa shape index (κ1) is 63.8. The Labute approximate surface area is 337 Å². The predicted molar refractivity (Wildman–Crippen MR) is 225 cm³/mol. The van der Waals surface area contributed by atoms with Gasteiger partial charge in [0.15, 0.2) is 0 Å². The summed E-state index contributed by atoms with van der Waals surface area (Å²) in [6.07, 6.45) is 2.61. The lowest BCUT2D eigenvalue weighted by Crippen LogP contribution is -2.47. The fourth-order valence-corrected chi connectivity index (χ4v) is 3.84. The first-order valence-corrected chi connectivity index (χ1v) is 19.9. The van der Waals surface area contributed by atoms with Crippen LogP contribution < -0.4 is 32.3 Å². The second-order valence-corrected chi connectivity index (χ2v) is 10.4. The fraction of sp³-hybridized carbons (Fsp3) is 0.700. The van der Waals surface area contributed by atoms with E-state index in [0.29, 0.717) is 44.8 Å². The summed E-state index contributed by atoms with van der Waals surface area (Å²) in [7, 11) is 1.60. The van der Waals surface area contributed by atoms with Crippen LogP contribution in [0.4, 0.5) is 14.9 Å². The van der Waals surface area contributed by atoms with Crippen LogP contribution in [0.15, 0.2) is 24.3 Å². The number of nitrogens with two attached hydrogens (primary N) is 1. The number of carbonyl (C=O) groups excluding carboxylic acids is 6. The quantitative estimate of drug-likeness (QED) is 0.0726. The van der Waals surface area contributed by atoms with Gasteiger partial charge >= 0.3 is 6.03 Å². The SMILES string of the molecule is C=O.CC.CC.CC.CC.CCC.CCCOCCC(=O)NCC(=O)NC(CCCNC(N)=O)C(=O)Nc1ccc(COC)cc1.O=COCC1CC(F)CN1. The summed E-state index contributed by atoms with van der Waals surface area (Å²) in [5.41, 5.74) is 6.57. The van der Waals surface area contributed by atoms with Gasteiger partial charge in [0.2, 0.25) is 17.7 Å². The highest BCUT2D eigenvalue weighted by molar-refractivity contribution is 5.97. The third-order valence-electron chi connectivity index (χ3n) is 5.95. The third-order valence-corrected chi connectivity index (χ3v) is 5.95. The second kappa shape index (κ2) is 53.0. The zero-order valence-electron chi connectivity index (χ0n) is 36.6. The van der Waals surface area contributed by atoms with Crippen LogP contribution in [0.2, 0.25) is 0 Å². The number of nitrogens with one attached hydrogen (secondary N) is 5. The van der Waals surface area contributed by atoms with Crippen LogP contribution in [0.25, 0.3) is 0 Å². The maximum absolute atomic E-state index is 12.8. The molecule has 330 valence electrons. The number of hydrogen-bond acceptors (Lipinski definition) is 10. The molecule has 0 bridgehead atoms. The van der Waals surface area contributed by atoms with E-state index < -0.39 is 30.1 Å². The Balaban J connectivity index is -0.000000223. The van der Waals surface area contributed by atoms with Gasteiger partial charge in [-0.3, -0.25) is 19.2 Å². The van der Waals surface area contributed by atoms with E-state index in [1.54, 1.807) is 19.2 Å². The summed E-state index contributed by atoms with van der Waals surface area (Å²) in [5.74, 6) is -1.23. The number of amides is 5. The number of rotatable bonds is 19. The van der Waals surface area contributed by atoms with Crippen molar-refractivity contribution in [2.24, 2.45) is 5.73 Å². The summed E-state index contributed by atoms with van der Waals surface area (Å²) >= 11 is 0. The van der Waals surface area contributed by atoms with E-state index >= 15 is 0 Å². The van der Waals surface area contributed by atoms with Gasteiger partial charge in [0.1, 0.15) is 25.6 Å². The van der Waals surface area contributed by atoms with Crippen molar-refractivity contribution in [2.45, 2.75) is 140 Å². The van der Waals surface area contributed by atoms with Crippen molar-refractivity contribution < 1.29 is 47.4 Å². The number of benzene rings is 1. The molecule has 0 saturated carbocycles. The van der Waals surface area contributed by atoms with Crippen LogP contribution in [-0.2, 0) is 44.8 Å². The standard InChI is InChI=1S/C22H35N5O6.C6H10FNO2.C3H8.4C2H6.CH2O/c1-3-12-33-13-10-19(28)25-14-20(29)27-18(5-4-11-24-22(23)31)21(30)26-17-8-6-16(7-9-17)15-32-2;7-5-1-6(8-2-5)3-10-4-9;1-3-2;5*1-2/h6-9,18H,3-5,10-15H2,1-2H3,(H,25,28)(H,26,30)(H,27,29)(H3,23,24,31);4-6,8H,1-3H2;3H2,1-2H3;4*1-2H3;1H2. The van der Waals surface area contributed by atoms with Crippen molar-refractivity contribution in [1.29, 1.82) is 0 Å². The number of methoxy groups -OCH3 is 1. The van der Waals surface area contributed by atoms with E-state index in [9.17, 15) is 28.4 Å². The van der Waals surface area contributed by atoms with Crippen molar-refractivity contribution >= 4 is 42.7 Å². The molecule has 7 N–H and O–H groups in total. The van der Waals surface area contributed by atoms with Crippen molar-refractivity contribution in [1.82, 2.24) is 21.3 Å². The molecule has 0 aromatic heterocycles. The molecule has 1 aliphatic heterocycles. The Morgan fingerprint density at radius 1 is 0.946 bits per heavy atom. The minimum atomic E-state index is -0.865. The summed E-state index contributed by atoms with van der Waals surface area (Å²) < 4.78 is 27.2. The molecule has 1 aliphatic rings. The van der Waals surface area contributed by atoms with Crippen LogP contribution in [0, 0.1) is 0 Å². The summed E-state index contributed by atoms with van der Waals surface area (Å²) in [4.78, 5) is 65.4. The Bertz CT molecular complexity index is 1020. The average Bonchev–Trinajstić information content (AvgIpc) is 3.65. The number of urea groups is 1. The molecule has 1 fully saturated rings. The maximum atomic E-state index is 12.8. The number of hydrogen-bond donors (Lipinski definition) is 6. The van der Waals surface area contributed by atoms with Crippen LogP contribution >= 0.6 is 0 Å². The molecule has 3 atom stereocenters. The molecule has 1 heterocycles.